The van der Waals surface area contributed by atoms with Gasteiger partial charge in [0.2, 0.25) is 5.91 Å². The van der Waals surface area contributed by atoms with E-state index >= 15 is 0 Å². The standard InChI is InChI=1S/C39H77NO5/c1-3-5-7-9-11-13-15-17-18-19-20-21-23-24-26-28-30-32-36(42)38(44)35(34-41)40-39(45)37(43)33-31-29-27-25-22-16-14-12-10-8-6-4-2/h24,26,35-38,41-44H,3-23,25,27-34H2,1-2H3,(H,40,45)/b26-24+. The molecule has 0 bridgehead atoms. The Hall–Kier alpha value is -0.950. The average Bonchev–Trinajstić information content (AvgIpc) is 3.04. The van der Waals surface area contributed by atoms with Crippen LogP contribution in [-0.4, -0.2) is 57.3 Å². The maximum Gasteiger partial charge on any atom is 0.249 e. The first-order valence-corrected chi connectivity index (χ1v) is 19.6. The quantitative estimate of drug-likeness (QED) is 0.0350. The molecule has 4 atom stereocenters. The maximum atomic E-state index is 12.4. The molecule has 5 N–H and O–H groups in total. The molecule has 268 valence electrons. The van der Waals surface area contributed by atoms with Crippen LogP contribution in [0.1, 0.15) is 200 Å². The minimum absolute atomic E-state index is 0.367. The minimum Gasteiger partial charge on any atom is -0.394 e. The number of unbranched alkanes of at least 4 members (excludes halogenated alkanes) is 24. The number of hydrogen-bond acceptors (Lipinski definition) is 5. The summed E-state index contributed by atoms with van der Waals surface area (Å²) in [5.41, 5.74) is 0. The Morgan fingerprint density at radius 3 is 1.33 bits per heavy atom. The zero-order valence-electron chi connectivity index (χ0n) is 29.9. The molecule has 0 rings (SSSR count). The van der Waals surface area contributed by atoms with Gasteiger partial charge in [0.25, 0.3) is 0 Å². The number of nitrogens with one attached hydrogen (secondary N) is 1. The molecule has 1 amide bonds. The molecular weight excluding hydrogens is 562 g/mol. The lowest BCUT2D eigenvalue weighted by Crippen LogP contribution is -2.53. The van der Waals surface area contributed by atoms with Gasteiger partial charge in [-0.15, -0.1) is 0 Å². The number of carbonyl (C=O) groups is 1. The summed E-state index contributed by atoms with van der Waals surface area (Å²) in [7, 11) is 0. The zero-order chi connectivity index (χ0) is 33.2. The fourth-order valence-corrected chi connectivity index (χ4v) is 6.05. The number of aliphatic hydroxyl groups is 4. The predicted molar refractivity (Wildman–Crippen MR) is 191 cm³/mol. The molecule has 0 aromatic heterocycles. The van der Waals surface area contributed by atoms with Gasteiger partial charge < -0.3 is 25.7 Å². The van der Waals surface area contributed by atoms with Crippen LogP contribution in [0.3, 0.4) is 0 Å². The maximum absolute atomic E-state index is 12.4. The van der Waals surface area contributed by atoms with Gasteiger partial charge >= 0.3 is 0 Å². The summed E-state index contributed by atoms with van der Waals surface area (Å²) in [5, 5.41) is 43.4. The smallest absolute Gasteiger partial charge is 0.249 e. The van der Waals surface area contributed by atoms with E-state index in [2.05, 4.69) is 31.3 Å². The van der Waals surface area contributed by atoms with Crippen molar-refractivity contribution in [3.63, 3.8) is 0 Å². The van der Waals surface area contributed by atoms with E-state index in [-0.39, 0.29) is 0 Å². The highest BCUT2D eigenvalue weighted by Gasteiger charge is 2.28. The highest BCUT2D eigenvalue weighted by Crippen LogP contribution is 2.15. The molecule has 6 heteroatoms. The number of rotatable bonds is 35. The largest absolute Gasteiger partial charge is 0.394 e. The van der Waals surface area contributed by atoms with E-state index in [9.17, 15) is 25.2 Å². The Morgan fingerprint density at radius 1 is 0.533 bits per heavy atom. The van der Waals surface area contributed by atoms with Gasteiger partial charge in [0.05, 0.1) is 18.8 Å². The first-order chi connectivity index (χ1) is 22.0. The minimum atomic E-state index is -1.28. The van der Waals surface area contributed by atoms with Crippen LogP contribution < -0.4 is 5.32 Å². The highest BCUT2D eigenvalue weighted by atomic mass is 16.3. The Morgan fingerprint density at radius 2 is 0.911 bits per heavy atom. The molecule has 0 saturated heterocycles. The van der Waals surface area contributed by atoms with E-state index in [1.165, 1.54) is 135 Å². The molecule has 0 aliphatic heterocycles. The van der Waals surface area contributed by atoms with Gasteiger partial charge in [-0.3, -0.25) is 4.79 Å². The Balaban J connectivity index is 3.82. The van der Waals surface area contributed by atoms with Crippen LogP contribution in [-0.2, 0) is 4.79 Å². The fraction of sp³-hybridized carbons (Fsp3) is 0.923. The van der Waals surface area contributed by atoms with E-state index in [4.69, 9.17) is 0 Å². The SMILES string of the molecule is CCCCCCCCCCCCCC/C=C/CCCC(O)C(O)C(CO)NC(=O)C(O)CCCCCCCCCCCCCC. The van der Waals surface area contributed by atoms with Gasteiger partial charge in [-0.05, 0) is 38.5 Å². The summed E-state index contributed by atoms with van der Waals surface area (Å²) >= 11 is 0. The topological polar surface area (TPSA) is 110 Å². The molecule has 0 radical (unpaired) electrons. The lowest BCUT2D eigenvalue weighted by molar-refractivity contribution is -0.132. The van der Waals surface area contributed by atoms with Gasteiger partial charge in [-0.2, -0.15) is 0 Å². The molecule has 4 unspecified atom stereocenters. The molecule has 0 aliphatic carbocycles. The van der Waals surface area contributed by atoms with E-state index < -0.39 is 36.9 Å². The third-order valence-electron chi connectivity index (χ3n) is 9.23. The third-order valence-corrected chi connectivity index (χ3v) is 9.23. The van der Waals surface area contributed by atoms with Crippen molar-refractivity contribution < 1.29 is 25.2 Å². The monoisotopic (exact) mass is 640 g/mol. The normalized spacial score (nSPS) is 14.5. The van der Waals surface area contributed by atoms with Crippen molar-refractivity contribution in [3.05, 3.63) is 12.2 Å². The molecular formula is C39H77NO5. The van der Waals surface area contributed by atoms with Crippen LogP contribution in [0, 0.1) is 0 Å². The van der Waals surface area contributed by atoms with Crippen molar-refractivity contribution in [1.82, 2.24) is 5.32 Å². The number of amides is 1. The van der Waals surface area contributed by atoms with Crippen molar-refractivity contribution in [2.75, 3.05) is 6.61 Å². The number of hydrogen-bond donors (Lipinski definition) is 5. The molecule has 45 heavy (non-hydrogen) atoms. The van der Waals surface area contributed by atoms with E-state index in [1.54, 1.807) is 0 Å². The molecule has 0 heterocycles. The molecule has 0 fully saturated rings. The van der Waals surface area contributed by atoms with Crippen molar-refractivity contribution in [2.45, 2.75) is 224 Å². The van der Waals surface area contributed by atoms with E-state index in [1.807, 2.05) is 0 Å². The lowest BCUT2D eigenvalue weighted by atomic mass is 10.00. The van der Waals surface area contributed by atoms with E-state index in [0.29, 0.717) is 12.8 Å². The summed E-state index contributed by atoms with van der Waals surface area (Å²) in [5.74, 6) is -0.593. The second-order valence-corrected chi connectivity index (χ2v) is 13.6. The van der Waals surface area contributed by atoms with Crippen LogP contribution in [0.4, 0.5) is 0 Å². The van der Waals surface area contributed by atoms with Gasteiger partial charge in [0, 0.05) is 0 Å². The summed E-state index contributed by atoms with van der Waals surface area (Å²) < 4.78 is 0. The van der Waals surface area contributed by atoms with Crippen LogP contribution >= 0.6 is 0 Å². The van der Waals surface area contributed by atoms with Crippen molar-refractivity contribution in [1.29, 1.82) is 0 Å². The highest BCUT2D eigenvalue weighted by molar-refractivity contribution is 5.80. The van der Waals surface area contributed by atoms with Crippen LogP contribution in [0.25, 0.3) is 0 Å². The van der Waals surface area contributed by atoms with Crippen molar-refractivity contribution in [3.8, 4) is 0 Å². The van der Waals surface area contributed by atoms with Gasteiger partial charge in [-0.1, -0.05) is 174 Å². The molecule has 0 aliphatic rings. The second kappa shape index (κ2) is 34.4. The number of carbonyl (C=O) groups excluding carboxylic acids is 1. The van der Waals surface area contributed by atoms with Crippen molar-refractivity contribution >= 4 is 5.91 Å². The fourth-order valence-electron chi connectivity index (χ4n) is 6.05. The first-order valence-electron chi connectivity index (χ1n) is 19.6. The third kappa shape index (κ3) is 29.0. The van der Waals surface area contributed by atoms with Crippen LogP contribution in [0.15, 0.2) is 12.2 Å². The van der Waals surface area contributed by atoms with Crippen LogP contribution in [0.2, 0.25) is 0 Å². The Bertz CT molecular complexity index is 643. The molecule has 0 aromatic rings. The van der Waals surface area contributed by atoms with Gasteiger partial charge in [0.1, 0.15) is 12.2 Å². The first kappa shape index (κ1) is 44.0. The second-order valence-electron chi connectivity index (χ2n) is 13.6. The molecule has 0 aromatic carbocycles. The summed E-state index contributed by atoms with van der Waals surface area (Å²) in [4.78, 5) is 12.4. The predicted octanol–water partition coefficient (Wildman–Crippen LogP) is 9.46. The summed E-state index contributed by atoms with van der Waals surface area (Å²) in [6.45, 7) is 4.02. The van der Waals surface area contributed by atoms with Crippen molar-refractivity contribution in [2.24, 2.45) is 0 Å². The molecule has 6 nitrogen and oxygen atoms in total. The average molecular weight is 640 g/mol. The molecule has 0 saturated carbocycles. The number of aliphatic hydroxyl groups excluding tert-OH is 4. The summed E-state index contributed by atoms with van der Waals surface area (Å²) in [6, 6.07) is -0.995. The van der Waals surface area contributed by atoms with Gasteiger partial charge in [-0.25, -0.2) is 0 Å². The molecule has 0 spiro atoms. The summed E-state index contributed by atoms with van der Waals surface area (Å²) in [6.07, 6.45) is 35.2. The van der Waals surface area contributed by atoms with Crippen LogP contribution in [0.5, 0.6) is 0 Å². The zero-order valence-corrected chi connectivity index (χ0v) is 29.9. The Labute approximate surface area is 279 Å². The van der Waals surface area contributed by atoms with Gasteiger partial charge in [0.15, 0.2) is 0 Å². The number of allylic oxidation sites excluding steroid dienone is 2. The Kier molecular flexibility index (Phi) is 33.7. The lowest BCUT2D eigenvalue weighted by Gasteiger charge is -2.27. The van der Waals surface area contributed by atoms with E-state index in [0.717, 1.165) is 38.5 Å².